The van der Waals surface area contributed by atoms with Crippen LogP contribution in [-0.4, -0.2) is 38.0 Å². The summed E-state index contributed by atoms with van der Waals surface area (Å²) in [6.45, 7) is 0. The normalized spacial score (nSPS) is 22.4. The first-order valence-corrected chi connectivity index (χ1v) is 7.21. The monoisotopic (exact) mass is 256 g/mol. The predicted octanol–water partition coefficient (Wildman–Crippen LogP) is -0.00950. The molecule has 3 N–H and O–H groups in total. The van der Waals surface area contributed by atoms with Gasteiger partial charge in [-0.2, -0.15) is 0 Å². The SMILES string of the molecule is CN(c1cccc(NN)n1)C1CCS(=O)(=O)C1. The van der Waals surface area contributed by atoms with E-state index in [9.17, 15) is 8.42 Å². The third kappa shape index (κ3) is 2.67. The standard InChI is InChI=1S/C10H16N4O2S/c1-14(8-5-6-17(15,16)7-8)10-4-2-3-9(12-10)13-11/h2-4,8H,5-7,11H2,1H3,(H,12,13). The van der Waals surface area contributed by atoms with Crippen molar-refractivity contribution in [3.8, 4) is 0 Å². The van der Waals surface area contributed by atoms with Crippen LogP contribution < -0.4 is 16.2 Å². The van der Waals surface area contributed by atoms with Gasteiger partial charge >= 0.3 is 0 Å². The summed E-state index contributed by atoms with van der Waals surface area (Å²) in [5.41, 5.74) is 2.47. The molecule has 7 heteroatoms. The molecule has 17 heavy (non-hydrogen) atoms. The summed E-state index contributed by atoms with van der Waals surface area (Å²) in [6, 6.07) is 5.42. The number of aromatic nitrogens is 1. The third-order valence-corrected chi connectivity index (χ3v) is 4.75. The fourth-order valence-electron chi connectivity index (χ4n) is 1.97. The van der Waals surface area contributed by atoms with Crippen molar-refractivity contribution in [3.63, 3.8) is 0 Å². The van der Waals surface area contributed by atoms with Gasteiger partial charge in [0.05, 0.1) is 11.5 Å². The van der Waals surface area contributed by atoms with Gasteiger partial charge < -0.3 is 10.3 Å². The number of nitrogen functional groups attached to an aromatic ring is 1. The molecule has 0 amide bonds. The minimum atomic E-state index is -2.87. The molecule has 1 aromatic heterocycles. The molecular formula is C10H16N4O2S. The number of sulfone groups is 1. The van der Waals surface area contributed by atoms with Gasteiger partial charge in [-0.1, -0.05) is 6.07 Å². The molecule has 1 aliphatic heterocycles. The molecule has 2 heterocycles. The van der Waals surface area contributed by atoms with Crippen molar-refractivity contribution >= 4 is 21.5 Å². The second-order valence-electron chi connectivity index (χ2n) is 4.19. The molecule has 0 saturated carbocycles. The maximum atomic E-state index is 11.4. The summed E-state index contributed by atoms with van der Waals surface area (Å²) >= 11 is 0. The lowest BCUT2D eigenvalue weighted by Crippen LogP contribution is -2.33. The van der Waals surface area contributed by atoms with E-state index in [-0.39, 0.29) is 17.5 Å². The molecule has 2 rings (SSSR count). The third-order valence-electron chi connectivity index (χ3n) is 3.00. The topological polar surface area (TPSA) is 88.3 Å². The largest absolute Gasteiger partial charge is 0.356 e. The number of hydrazine groups is 1. The molecule has 0 radical (unpaired) electrons. The Labute approximate surface area is 101 Å². The van der Waals surface area contributed by atoms with Crippen LogP contribution in [0, 0.1) is 0 Å². The first kappa shape index (κ1) is 12.1. The molecule has 0 aromatic carbocycles. The van der Waals surface area contributed by atoms with Gasteiger partial charge in [-0.15, -0.1) is 0 Å². The van der Waals surface area contributed by atoms with E-state index in [1.165, 1.54) is 0 Å². The lowest BCUT2D eigenvalue weighted by atomic mass is 10.2. The van der Waals surface area contributed by atoms with E-state index in [0.717, 1.165) is 5.82 Å². The van der Waals surface area contributed by atoms with Gasteiger partial charge in [-0.05, 0) is 18.6 Å². The van der Waals surface area contributed by atoms with Gasteiger partial charge in [0.1, 0.15) is 11.6 Å². The highest BCUT2D eigenvalue weighted by molar-refractivity contribution is 7.91. The van der Waals surface area contributed by atoms with Gasteiger partial charge in [0, 0.05) is 13.1 Å². The fraction of sp³-hybridized carbons (Fsp3) is 0.500. The Morgan fingerprint density at radius 2 is 2.29 bits per heavy atom. The van der Waals surface area contributed by atoms with Crippen molar-refractivity contribution in [1.82, 2.24) is 4.98 Å². The number of nitrogens with one attached hydrogen (secondary N) is 1. The van der Waals surface area contributed by atoms with Crippen LogP contribution in [0.25, 0.3) is 0 Å². The van der Waals surface area contributed by atoms with E-state index in [4.69, 9.17) is 5.84 Å². The van der Waals surface area contributed by atoms with E-state index in [1.54, 1.807) is 6.07 Å². The van der Waals surface area contributed by atoms with Crippen LogP contribution in [0.4, 0.5) is 11.6 Å². The molecular weight excluding hydrogens is 240 g/mol. The van der Waals surface area contributed by atoms with Crippen LogP contribution in [0.5, 0.6) is 0 Å². The van der Waals surface area contributed by atoms with Crippen LogP contribution in [-0.2, 0) is 9.84 Å². The number of hydrogen-bond acceptors (Lipinski definition) is 6. The van der Waals surface area contributed by atoms with Crippen molar-refractivity contribution < 1.29 is 8.42 Å². The summed E-state index contributed by atoms with van der Waals surface area (Å²) in [6.07, 6.45) is 0.654. The second kappa shape index (κ2) is 4.50. The van der Waals surface area contributed by atoms with Crippen molar-refractivity contribution in [2.24, 2.45) is 5.84 Å². The number of rotatable bonds is 3. The first-order valence-electron chi connectivity index (χ1n) is 5.39. The fourth-order valence-corrected chi connectivity index (χ4v) is 3.74. The Kier molecular flexibility index (Phi) is 3.21. The van der Waals surface area contributed by atoms with Crippen molar-refractivity contribution in [2.75, 3.05) is 28.9 Å². The van der Waals surface area contributed by atoms with Crippen LogP contribution in [0.2, 0.25) is 0 Å². The van der Waals surface area contributed by atoms with E-state index in [0.29, 0.717) is 12.2 Å². The molecule has 6 nitrogen and oxygen atoms in total. The average molecular weight is 256 g/mol. The van der Waals surface area contributed by atoms with Crippen molar-refractivity contribution in [2.45, 2.75) is 12.5 Å². The van der Waals surface area contributed by atoms with Crippen LogP contribution in [0.3, 0.4) is 0 Å². The summed E-state index contributed by atoms with van der Waals surface area (Å²) < 4.78 is 22.8. The lowest BCUT2D eigenvalue weighted by Gasteiger charge is -2.24. The minimum absolute atomic E-state index is 0.000486. The number of nitrogens with zero attached hydrogens (tertiary/aromatic N) is 2. The van der Waals surface area contributed by atoms with E-state index >= 15 is 0 Å². The van der Waals surface area contributed by atoms with Crippen molar-refractivity contribution in [1.29, 1.82) is 0 Å². The maximum Gasteiger partial charge on any atom is 0.152 e. The Bertz CT molecular complexity index is 503. The molecule has 1 aliphatic rings. The molecule has 1 fully saturated rings. The highest BCUT2D eigenvalue weighted by atomic mass is 32.2. The minimum Gasteiger partial charge on any atom is -0.356 e. The lowest BCUT2D eigenvalue weighted by molar-refractivity contribution is 0.600. The van der Waals surface area contributed by atoms with Crippen LogP contribution >= 0.6 is 0 Å². The smallest absolute Gasteiger partial charge is 0.152 e. The molecule has 0 aliphatic carbocycles. The van der Waals surface area contributed by atoms with Crippen LogP contribution in [0.1, 0.15) is 6.42 Å². The van der Waals surface area contributed by atoms with Crippen molar-refractivity contribution in [3.05, 3.63) is 18.2 Å². The van der Waals surface area contributed by atoms with Crippen LogP contribution in [0.15, 0.2) is 18.2 Å². The molecule has 1 unspecified atom stereocenters. The molecule has 1 atom stereocenters. The zero-order valence-electron chi connectivity index (χ0n) is 9.63. The molecule has 0 bridgehead atoms. The van der Waals surface area contributed by atoms with Gasteiger partial charge in [-0.25, -0.2) is 19.2 Å². The molecule has 1 saturated heterocycles. The first-order chi connectivity index (χ1) is 8.02. The Morgan fingerprint density at radius 3 is 2.88 bits per heavy atom. The highest BCUT2D eigenvalue weighted by Gasteiger charge is 2.31. The quantitative estimate of drug-likeness (QED) is 0.584. The number of hydrogen-bond donors (Lipinski definition) is 2. The Hall–Kier alpha value is -1.34. The summed E-state index contributed by atoms with van der Waals surface area (Å²) in [5.74, 6) is 7.04. The van der Waals surface area contributed by atoms with E-state index in [2.05, 4.69) is 10.4 Å². The maximum absolute atomic E-state index is 11.4. The number of anilines is 2. The van der Waals surface area contributed by atoms with Gasteiger partial charge in [-0.3, -0.25) is 0 Å². The van der Waals surface area contributed by atoms with Gasteiger partial charge in [0.15, 0.2) is 9.84 Å². The zero-order valence-corrected chi connectivity index (χ0v) is 10.4. The Balaban J connectivity index is 2.17. The highest BCUT2D eigenvalue weighted by Crippen LogP contribution is 2.22. The average Bonchev–Trinajstić information content (AvgIpc) is 2.69. The summed E-state index contributed by atoms with van der Waals surface area (Å²) in [4.78, 5) is 6.17. The van der Waals surface area contributed by atoms with Gasteiger partial charge in [0.2, 0.25) is 0 Å². The molecule has 1 aromatic rings. The summed E-state index contributed by atoms with van der Waals surface area (Å²) in [7, 11) is -1.02. The molecule has 94 valence electrons. The van der Waals surface area contributed by atoms with E-state index in [1.807, 2.05) is 24.1 Å². The Morgan fingerprint density at radius 1 is 1.53 bits per heavy atom. The summed E-state index contributed by atoms with van der Waals surface area (Å²) in [5, 5.41) is 0. The zero-order chi connectivity index (χ0) is 12.5. The number of pyridine rings is 1. The van der Waals surface area contributed by atoms with E-state index < -0.39 is 9.84 Å². The van der Waals surface area contributed by atoms with Gasteiger partial charge in [0.25, 0.3) is 0 Å². The predicted molar refractivity (Wildman–Crippen MR) is 67.5 cm³/mol. The molecule has 0 spiro atoms. The number of nitrogens with two attached hydrogens (primary N) is 1. The second-order valence-corrected chi connectivity index (χ2v) is 6.42.